The van der Waals surface area contributed by atoms with Crippen molar-refractivity contribution in [2.45, 2.75) is 51.6 Å². The Labute approximate surface area is 93.2 Å². The molecule has 15 heavy (non-hydrogen) atoms. The molecule has 0 aromatic heterocycles. The maximum atomic E-state index is 12.3. The summed E-state index contributed by atoms with van der Waals surface area (Å²) in [5.74, 6) is 0. The first-order chi connectivity index (χ1) is 7.24. The molecule has 1 rings (SSSR count). The summed E-state index contributed by atoms with van der Waals surface area (Å²) in [6.07, 6.45) is 5.12. The van der Waals surface area contributed by atoms with Crippen molar-refractivity contribution in [3.8, 4) is 0 Å². The van der Waals surface area contributed by atoms with Crippen LogP contribution in [-0.2, 0) is 0 Å². The monoisotopic (exact) mass is 216 g/mol. The highest BCUT2D eigenvalue weighted by molar-refractivity contribution is 4.74. The van der Waals surface area contributed by atoms with E-state index in [-0.39, 0.29) is 6.67 Å². The van der Waals surface area contributed by atoms with Gasteiger partial charge in [-0.1, -0.05) is 6.42 Å². The molecule has 1 heterocycles. The van der Waals surface area contributed by atoms with Gasteiger partial charge in [-0.2, -0.15) is 0 Å². The van der Waals surface area contributed by atoms with E-state index in [9.17, 15) is 4.39 Å². The molecule has 3 heteroatoms. The standard InChI is InChI=1S/C12H25FN2/c1-11(2)15(10-7-13)9-6-12-5-3-4-8-14-12/h11-12,14H,3-10H2,1-2H3. The van der Waals surface area contributed by atoms with E-state index < -0.39 is 0 Å². The lowest BCUT2D eigenvalue weighted by Crippen LogP contribution is -2.40. The third-order valence-electron chi connectivity index (χ3n) is 3.28. The molecule has 0 amide bonds. The van der Waals surface area contributed by atoms with E-state index in [1.165, 1.54) is 19.3 Å². The SMILES string of the molecule is CC(C)N(CCF)CCC1CCCCN1. The van der Waals surface area contributed by atoms with Gasteiger partial charge in [0.05, 0.1) is 0 Å². The smallest absolute Gasteiger partial charge is 0.102 e. The van der Waals surface area contributed by atoms with Crippen LogP contribution in [0, 0.1) is 0 Å². The maximum absolute atomic E-state index is 12.3. The molecule has 2 nitrogen and oxygen atoms in total. The second kappa shape index (κ2) is 7.18. The third kappa shape index (κ3) is 4.94. The normalized spacial score (nSPS) is 22.6. The Kier molecular flexibility index (Phi) is 6.18. The zero-order valence-electron chi connectivity index (χ0n) is 10.1. The Balaban J connectivity index is 2.19. The van der Waals surface area contributed by atoms with Gasteiger partial charge in [0, 0.05) is 18.6 Å². The molecular weight excluding hydrogens is 191 g/mol. The highest BCUT2D eigenvalue weighted by atomic mass is 19.1. The maximum Gasteiger partial charge on any atom is 0.102 e. The van der Waals surface area contributed by atoms with Gasteiger partial charge in [0.2, 0.25) is 0 Å². The Bertz CT molecular complexity index is 156. The van der Waals surface area contributed by atoms with Crippen LogP contribution in [0.2, 0.25) is 0 Å². The van der Waals surface area contributed by atoms with Crippen molar-refractivity contribution < 1.29 is 4.39 Å². The Morgan fingerprint density at radius 2 is 2.13 bits per heavy atom. The number of halogens is 1. The molecule has 1 saturated heterocycles. The fourth-order valence-electron chi connectivity index (χ4n) is 2.23. The van der Waals surface area contributed by atoms with E-state index in [0.29, 0.717) is 18.6 Å². The van der Waals surface area contributed by atoms with E-state index >= 15 is 0 Å². The largest absolute Gasteiger partial charge is 0.314 e. The van der Waals surface area contributed by atoms with Gasteiger partial charge in [-0.3, -0.25) is 4.90 Å². The highest BCUT2D eigenvalue weighted by Crippen LogP contribution is 2.11. The number of rotatable bonds is 6. The fourth-order valence-corrected chi connectivity index (χ4v) is 2.23. The predicted molar refractivity (Wildman–Crippen MR) is 62.9 cm³/mol. The van der Waals surface area contributed by atoms with E-state index in [4.69, 9.17) is 0 Å². The Hall–Kier alpha value is -0.150. The lowest BCUT2D eigenvalue weighted by atomic mass is 10.0. The molecule has 0 bridgehead atoms. The number of nitrogens with one attached hydrogen (secondary N) is 1. The molecule has 0 aromatic rings. The van der Waals surface area contributed by atoms with E-state index in [2.05, 4.69) is 24.1 Å². The van der Waals surface area contributed by atoms with Crippen molar-refractivity contribution in [2.24, 2.45) is 0 Å². The molecule has 0 spiro atoms. The number of piperidine rings is 1. The molecule has 90 valence electrons. The molecule has 1 aliphatic rings. The minimum absolute atomic E-state index is 0.226. The molecule has 1 fully saturated rings. The topological polar surface area (TPSA) is 15.3 Å². The summed E-state index contributed by atoms with van der Waals surface area (Å²) >= 11 is 0. The summed E-state index contributed by atoms with van der Waals surface area (Å²) in [5, 5.41) is 3.54. The zero-order chi connectivity index (χ0) is 11.1. The van der Waals surface area contributed by atoms with Crippen LogP contribution in [0.3, 0.4) is 0 Å². The van der Waals surface area contributed by atoms with Gasteiger partial charge >= 0.3 is 0 Å². The molecule has 1 unspecified atom stereocenters. The molecular formula is C12H25FN2. The van der Waals surface area contributed by atoms with Crippen LogP contribution in [0.4, 0.5) is 4.39 Å². The number of hydrogen-bond donors (Lipinski definition) is 1. The summed E-state index contributed by atoms with van der Waals surface area (Å²) in [6.45, 7) is 6.84. The van der Waals surface area contributed by atoms with E-state index in [1.807, 2.05) is 0 Å². The summed E-state index contributed by atoms with van der Waals surface area (Å²) in [5.41, 5.74) is 0. The molecule has 1 aliphatic heterocycles. The van der Waals surface area contributed by atoms with E-state index in [1.54, 1.807) is 0 Å². The first kappa shape index (κ1) is 12.9. The lowest BCUT2D eigenvalue weighted by molar-refractivity contribution is 0.188. The second-order valence-corrected chi connectivity index (χ2v) is 4.75. The first-order valence-corrected chi connectivity index (χ1v) is 6.27. The van der Waals surface area contributed by atoms with Gasteiger partial charge in [0.25, 0.3) is 0 Å². The van der Waals surface area contributed by atoms with Crippen molar-refractivity contribution >= 4 is 0 Å². The fraction of sp³-hybridized carbons (Fsp3) is 1.00. The van der Waals surface area contributed by atoms with Gasteiger partial charge in [-0.05, 0) is 46.2 Å². The average Bonchev–Trinajstić information content (AvgIpc) is 2.25. The van der Waals surface area contributed by atoms with Crippen LogP contribution in [0.25, 0.3) is 0 Å². The van der Waals surface area contributed by atoms with E-state index in [0.717, 1.165) is 19.5 Å². The van der Waals surface area contributed by atoms with Crippen molar-refractivity contribution in [2.75, 3.05) is 26.3 Å². The van der Waals surface area contributed by atoms with Crippen LogP contribution in [-0.4, -0.2) is 43.3 Å². The summed E-state index contributed by atoms with van der Waals surface area (Å²) in [6, 6.07) is 1.13. The van der Waals surface area contributed by atoms with Gasteiger partial charge in [-0.25, -0.2) is 4.39 Å². The molecule has 0 radical (unpaired) electrons. The first-order valence-electron chi connectivity index (χ1n) is 6.27. The van der Waals surface area contributed by atoms with Crippen molar-refractivity contribution in [1.82, 2.24) is 10.2 Å². The summed E-state index contributed by atoms with van der Waals surface area (Å²) in [4.78, 5) is 2.23. The third-order valence-corrected chi connectivity index (χ3v) is 3.28. The lowest BCUT2D eigenvalue weighted by Gasteiger charge is -2.29. The molecule has 1 atom stereocenters. The van der Waals surface area contributed by atoms with Gasteiger partial charge in [0.1, 0.15) is 6.67 Å². The second-order valence-electron chi connectivity index (χ2n) is 4.75. The van der Waals surface area contributed by atoms with Crippen LogP contribution in [0.5, 0.6) is 0 Å². The molecule has 0 saturated carbocycles. The van der Waals surface area contributed by atoms with Crippen LogP contribution >= 0.6 is 0 Å². The highest BCUT2D eigenvalue weighted by Gasteiger charge is 2.15. The van der Waals surface area contributed by atoms with Crippen LogP contribution < -0.4 is 5.32 Å². The van der Waals surface area contributed by atoms with Gasteiger partial charge in [-0.15, -0.1) is 0 Å². The average molecular weight is 216 g/mol. The summed E-state index contributed by atoms with van der Waals surface area (Å²) < 4.78 is 12.3. The number of alkyl halides is 1. The minimum Gasteiger partial charge on any atom is -0.314 e. The quantitative estimate of drug-likeness (QED) is 0.732. The van der Waals surface area contributed by atoms with Crippen LogP contribution in [0.1, 0.15) is 39.5 Å². The minimum atomic E-state index is -0.226. The molecule has 0 aromatic carbocycles. The van der Waals surface area contributed by atoms with Crippen molar-refractivity contribution in [1.29, 1.82) is 0 Å². The van der Waals surface area contributed by atoms with Crippen LogP contribution in [0.15, 0.2) is 0 Å². The van der Waals surface area contributed by atoms with Crippen molar-refractivity contribution in [3.63, 3.8) is 0 Å². The Morgan fingerprint density at radius 1 is 1.33 bits per heavy atom. The number of hydrogen-bond acceptors (Lipinski definition) is 2. The number of nitrogens with zero attached hydrogens (tertiary/aromatic N) is 1. The Morgan fingerprint density at radius 3 is 2.67 bits per heavy atom. The van der Waals surface area contributed by atoms with Crippen molar-refractivity contribution in [3.05, 3.63) is 0 Å². The predicted octanol–water partition coefficient (Wildman–Crippen LogP) is 2.20. The zero-order valence-corrected chi connectivity index (χ0v) is 10.1. The summed E-state index contributed by atoms with van der Waals surface area (Å²) in [7, 11) is 0. The van der Waals surface area contributed by atoms with Gasteiger partial charge in [0.15, 0.2) is 0 Å². The van der Waals surface area contributed by atoms with Gasteiger partial charge < -0.3 is 5.32 Å². The molecule has 0 aliphatic carbocycles. The molecule has 1 N–H and O–H groups in total.